The van der Waals surface area contributed by atoms with Gasteiger partial charge in [-0.25, -0.2) is 13.4 Å². The van der Waals surface area contributed by atoms with Gasteiger partial charge in [-0.1, -0.05) is 47.6 Å². The van der Waals surface area contributed by atoms with Gasteiger partial charge in [0.25, 0.3) is 5.56 Å². The Balaban J connectivity index is 1.42. The number of aryl methyl sites for hydroxylation is 1. The van der Waals surface area contributed by atoms with Crippen LogP contribution in [-0.2, 0) is 19.6 Å². The molecule has 9 nitrogen and oxygen atoms in total. The Morgan fingerprint density at radius 3 is 2.60 bits per heavy atom. The Kier molecular flexibility index (Phi) is 8.29. The van der Waals surface area contributed by atoms with E-state index in [1.54, 1.807) is 24.3 Å². The van der Waals surface area contributed by atoms with Crippen molar-refractivity contribution in [1.29, 1.82) is 0 Å². The molecule has 2 heterocycles. The highest BCUT2D eigenvalue weighted by molar-refractivity contribution is 7.99. The van der Waals surface area contributed by atoms with Crippen molar-refractivity contribution >= 4 is 55.9 Å². The van der Waals surface area contributed by atoms with E-state index in [2.05, 4.69) is 5.32 Å². The van der Waals surface area contributed by atoms with Gasteiger partial charge >= 0.3 is 0 Å². The molecule has 1 amide bonds. The van der Waals surface area contributed by atoms with Crippen LogP contribution in [0.5, 0.6) is 0 Å². The number of benzene rings is 3. The van der Waals surface area contributed by atoms with Crippen molar-refractivity contribution in [1.82, 2.24) is 13.9 Å². The quantitative estimate of drug-likeness (QED) is 0.248. The zero-order valence-electron chi connectivity index (χ0n) is 21.9. The first-order chi connectivity index (χ1) is 19.2. The molecule has 0 unspecified atom stereocenters. The molecule has 12 heteroatoms. The van der Waals surface area contributed by atoms with E-state index in [4.69, 9.17) is 21.3 Å². The number of aromatic nitrogens is 2. The lowest BCUT2D eigenvalue weighted by atomic mass is 10.1. The average molecular weight is 599 g/mol. The second-order valence-electron chi connectivity index (χ2n) is 9.27. The van der Waals surface area contributed by atoms with Gasteiger partial charge < -0.3 is 10.1 Å². The first-order valence-corrected chi connectivity index (χ1v) is 15.4. The van der Waals surface area contributed by atoms with Gasteiger partial charge in [-0.2, -0.15) is 4.31 Å². The Morgan fingerprint density at radius 1 is 1.07 bits per heavy atom. The third kappa shape index (κ3) is 5.65. The zero-order chi connectivity index (χ0) is 28.4. The minimum atomic E-state index is -3.77. The molecule has 0 bridgehead atoms. The highest BCUT2D eigenvalue weighted by atomic mass is 35.5. The van der Waals surface area contributed by atoms with Gasteiger partial charge in [0.1, 0.15) is 0 Å². The molecule has 0 radical (unpaired) electrons. The van der Waals surface area contributed by atoms with E-state index >= 15 is 0 Å². The van der Waals surface area contributed by atoms with Gasteiger partial charge in [0.15, 0.2) is 5.16 Å². The Bertz CT molecular complexity index is 1770. The van der Waals surface area contributed by atoms with Crippen LogP contribution in [0.1, 0.15) is 11.1 Å². The number of rotatable bonds is 7. The molecule has 4 aromatic rings. The van der Waals surface area contributed by atoms with Crippen LogP contribution >= 0.6 is 23.4 Å². The molecule has 0 aliphatic carbocycles. The molecular weight excluding hydrogens is 572 g/mol. The minimum absolute atomic E-state index is 0.0294. The lowest BCUT2D eigenvalue weighted by Gasteiger charge is -2.26. The third-order valence-corrected chi connectivity index (χ3v) is 9.88. The number of carbonyl (C=O) groups is 1. The molecule has 1 fully saturated rings. The molecule has 1 aliphatic heterocycles. The fourth-order valence-electron chi connectivity index (χ4n) is 4.41. The first kappa shape index (κ1) is 28.3. The maximum Gasteiger partial charge on any atom is 0.266 e. The van der Waals surface area contributed by atoms with Crippen molar-refractivity contribution in [3.05, 3.63) is 87.2 Å². The molecule has 3 aromatic carbocycles. The van der Waals surface area contributed by atoms with Crippen molar-refractivity contribution < 1.29 is 17.9 Å². The van der Waals surface area contributed by atoms with Crippen LogP contribution in [0, 0.1) is 13.8 Å². The number of nitrogens with zero attached hydrogens (tertiary/aromatic N) is 3. The van der Waals surface area contributed by atoms with Crippen molar-refractivity contribution in [2.75, 3.05) is 37.4 Å². The monoisotopic (exact) mass is 598 g/mol. The number of fused-ring (bicyclic) bond motifs is 1. The largest absolute Gasteiger partial charge is 0.379 e. The number of halogens is 1. The number of morpholine rings is 1. The molecule has 0 atom stereocenters. The van der Waals surface area contributed by atoms with E-state index in [-0.39, 0.29) is 40.0 Å². The minimum Gasteiger partial charge on any atom is -0.379 e. The lowest BCUT2D eigenvalue weighted by molar-refractivity contribution is -0.113. The van der Waals surface area contributed by atoms with E-state index in [0.717, 1.165) is 22.9 Å². The SMILES string of the molecule is Cc1cccc(-n2c(SCC(=O)Nc3cc(S(=O)(=O)N4CCOCC4)ccc3Cl)nc3ccccc3c2=O)c1C. The maximum absolute atomic E-state index is 13.6. The molecule has 1 saturated heterocycles. The van der Waals surface area contributed by atoms with E-state index in [1.165, 1.54) is 27.1 Å². The number of hydrogen-bond acceptors (Lipinski definition) is 7. The number of nitrogens with one attached hydrogen (secondary N) is 1. The Labute approximate surface area is 241 Å². The van der Waals surface area contributed by atoms with Crippen LogP contribution in [0.15, 0.2) is 75.5 Å². The van der Waals surface area contributed by atoms with E-state index in [1.807, 2.05) is 32.0 Å². The summed E-state index contributed by atoms with van der Waals surface area (Å²) in [6, 6.07) is 17.0. The van der Waals surface area contributed by atoms with Crippen LogP contribution in [0.2, 0.25) is 5.02 Å². The van der Waals surface area contributed by atoms with Crippen LogP contribution in [0.25, 0.3) is 16.6 Å². The summed E-state index contributed by atoms with van der Waals surface area (Å²) in [4.78, 5) is 31.3. The summed E-state index contributed by atoms with van der Waals surface area (Å²) in [5.41, 5.74) is 3.12. The number of ether oxygens (including phenoxy) is 1. The predicted octanol–water partition coefficient (Wildman–Crippen LogP) is 4.41. The second kappa shape index (κ2) is 11.7. The van der Waals surface area contributed by atoms with E-state index in [0.29, 0.717) is 35.0 Å². The van der Waals surface area contributed by atoms with Crippen LogP contribution < -0.4 is 10.9 Å². The lowest BCUT2D eigenvalue weighted by Crippen LogP contribution is -2.40. The number of carbonyl (C=O) groups excluding carboxylic acids is 1. The summed E-state index contributed by atoms with van der Waals surface area (Å²) >= 11 is 7.42. The van der Waals surface area contributed by atoms with E-state index in [9.17, 15) is 18.0 Å². The second-order valence-corrected chi connectivity index (χ2v) is 12.6. The van der Waals surface area contributed by atoms with Gasteiger partial charge in [0, 0.05) is 13.1 Å². The fourth-order valence-corrected chi connectivity index (χ4v) is 6.82. The van der Waals surface area contributed by atoms with Gasteiger partial charge in [0.2, 0.25) is 15.9 Å². The number of thioether (sulfide) groups is 1. The Morgan fingerprint density at radius 2 is 1.82 bits per heavy atom. The summed E-state index contributed by atoms with van der Waals surface area (Å²) in [7, 11) is -3.77. The van der Waals surface area contributed by atoms with Crippen LogP contribution in [-0.4, -0.2) is 60.2 Å². The Hall–Kier alpha value is -3.22. The molecule has 40 heavy (non-hydrogen) atoms. The zero-order valence-corrected chi connectivity index (χ0v) is 24.3. The van der Waals surface area contributed by atoms with Gasteiger partial charge in [-0.05, 0) is 61.4 Å². The molecule has 1 aromatic heterocycles. The number of anilines is 1. The highest BCUT2D eigenvalue weighted by Crippen LogP contribution is 2.29. The number of amides is 1. The van der Waals surface area contributed by atoms with Crippen molar-refractivity contribution in [3.8, 4) is 5.69 Å². The van der Waals surface area contributed by atoms with Crippen LogP contribution in [0.4, 0.5) is 5.69 Å². The number of sulfonamides is 1. The normalized spacial score (nSPS) is 14.4. The molecule has 1 N–H and O–H groups in total. The van der Waals surface area contributed by atoms with Gasteiger partial charge in [0.05, 0.1) is 51.2 Å². The molecule has 1 aliphatic rings. The summed E-state index contributed by atoms with van der Waals surface area (Å²) in [6.45, 7) is 5.06. The summed E-state index contributed by atoms with van der Waals surface area (Å²) in [5.74, 6) is -0.519. The topological polar surface area (TPSA) is 111 Å². The van der Waals surface area contributed by atoms with Gasteiger partial charge in [-0.3, -0.25) is 14.2 Å². The van der Waals surface area contributed by atoms with E-state index < -0.39 is 15.9 Å². The van der Waals surface area contributed by atoms with Crippen molar-refractivity contribution in [2.24, 2.45) is 0 Å². The summed E-state index contributed by atoms with van der Waals surface area (Å²) in [5, 5.41) is 3.75. The highest BCUT2D eigenvalue weighted by Gasteiger charge is 2.27. The first-order valence-electron chi connectivity index (χ1n) is 12.6. The number of para-hydroxylation sites is 1. The van der Waals surface area contributed by atoms with Crippen molar-refractivity contribution in [2.45, 2.75) is 23.9 Å². The summed E-state index contributed by atoms with van der Waals surface area (Å²) in [6.07, 6.45) is 0. The summed E-state index contributed by atoms with van der Waals surface area (Å²) < 4.78 is 34.3. The standard InChI is InChI=1S/C28H27ClN4O5S2/c1-18-6-5-9-25(19(18)2)33-27(35)21-7-3-4-8-23(21)31-28(33)39-17-26(34)30-24-16-20(10-11-22(24)29)40(36,37)32-12-14-38-15-13-32/h3-11,16H,12-15,17H2,1-2H3,(H,30,34). The maximum atomic E-state index is 13.6. The molecule has 0 saturated carbocycles. The van der Waals surface area contributed by atoms with Crippen molar-refractivity contribution in [3.63, 3.8) is 0 Å². The average Bonchev–Trinajstić information content (AvgIpc) is 2.95. The number of hydrogen-bond donors (Lipinski definition) is 1. The van der Waals surface area contributed by atoms with Crippen LogP contribution in [0.3, 0.4) is 0 Å². The predicted molar refractivity (Wildman–Crippen MR) is 157 cm³/mol. The molecule has 5 rings (SSSR count). The molecule has 0 spiro atoms. The smallest absolute Gasteiger partial charge is 0.266 e. The van der Waals surface area contributed by atoms with Gasteiger partial charge in [-0.15, -0.1) is 0 Å². The molecule has 208 valence electrons. The molecular formula is C28H27ClN4O5S2. The fraction of sp³-hybridized carbons (Fsp3) is 0.250. The third-order valence-electron chi connectivity index (χ3n) is 6.71.